The highest BCUT2D eigenvalue weighted by atomic mass is 79.9. The van der Waals surface area contributed by atoms with Crippen LogP contribution in [0.2, 0.25) is 5.02 Å². The topological polar surface area (TPSA) is 26.3 Å². The van der Waals surface area contributed by atoms with E-state index in [0.29, 0.717) is 0 Å². The van der Waals surface area contributed by atoms with Crippen molar-refractivity contribution in [2.45, 2.75) is 12.6 Å². The van der Waals surface area contributed by atoms with Crippen LogP contribution in [0.1, 0.15) is 16.8 Å². The van der Waals surface area contributed by atoms with Gasteiger partial charge in [0.05, 0.1) is 17.2 Å². The minimum absolute atomic E-state index is 0.248. The molecule has 0 amide bonds. The zero-order chi connectivity index (χ0) is 14.6. The van der Waals surface area contributed by atoms with Crippen LogP contribution in [0.5, 0.6) is 0 Å². The quantitative estimate of drug-likeness (QED) is 0.336. The van der Waals surface area contributed by atoms with Crippen molar-refractivity contribution >= 4 is 33.3 Å². The number of ketones is 1. The molecule has 106 valence electrons. The summed E-state index contributed by atoms with van der Waals surface area (Å²) in [6.45, 7) is -1.88. The Labute approximate surface area is 119 Å². The molecule has 1 aromatic rings. The summed E-state index contributed by atoms with van der Waals surface area (Å²) < 4.78 is 53.5. The van der Waals surface area contributed by atoms with E-state index >= 15 is 0 Å². The second-order valence-electron chi connectivity index (χ2n) is 3.56. The van der Waals surface area contributed by atoms with Crippen molar-refractivity contribution in [3.63, 3.8) is 0 Å². The molecule has 1 rings (SSSR count). The van der Waals surface area contributed by atoms with Crippen molar-refractivity contribution < 1.29 is 27.1 Å². The van der Waals surface area contributed by atoms with Gasteiger partial charge >= 0.3 is 6.18 Å². The highest BCUT2D eigenvalue weighted by Gasteiger charge is 2.27. The van der Waals surface area contributed by atoms with Gasteiger partial charge in [0, 0.05) is 10.9 Å². The third-order valence-electron chi connectivity index (χ3n) is 2.07. The van der Waals surface area contributed by atoms with Gasteiger partial charge in [0.15, 0.2) is 11.6 Å². The molecule has 0 unspecified atom stereocenters. The van der Waals surface area contributed by atoms with Crippen LogP contribution >= 0.6 is 27.5 Å². The third-order valence-corrected chi connectivity index (χ3v) is 3.33. The Bertz CT molecular complexity index is 476. The van der Waals surface area contributed by atoms with Crippen LogP contribution < -0.4 is 0 Å². The third kappa shape index (κ3) is 5.08. The number of alkyl halides is 3. The van der Waals surface area contributed by atoms with Crippen LogP contribution in [0, 0.1) is 5.82 Å². The SMILES string of the molecule is O=C(CCOCC(F)(F)F)c1ccc(Br)c(Cl)c1F. The molecule has 0 heterocycles. The van der Waals surface area contributed by atoms with Crippen molar-refractivity contribution in [1.82, 2.24) is 0 Å². The number of ether oxygens (including phenoxy) is 1. The van der Waals surface area contributed by atoms with Crippen LogP contribution in [0.4, 0.5) is 17.6 Å². The molecule has 0 aliphatic heterocycles. The first-order valence-corrected chi connectivity index (χ1v) is 6.20. The van der Waals surface area contributed by atoms with E-state index in [2.05, 4.69) is 20.7 Å². The summed E-state index contributed by atoms with van der Waals surface area (Å²) in [5, 5.41) is -0.248. The Morgan fingerprint density at radius 1 is 1.37 bits per heavy atom. The first kappa shape index (κ1) is 16.4. The number of carbonyl (C=O) groups is 1. The first-order chi connectivity index (χ1) is 8.72. The second kappa shape index (κ2) is 6.67. The predicted molar refractivity (Wildman–Crippen MR) is 64.9 cm³/mol. The van der Waals surface area contributed by atoms with E-state index in [4.69, 9.17) is 11.6 Å². The molecule has 1 aromatic carbocycles. The van der Waals surface area contributed by atoms with Gasteiger partial charge in [-0.25, -0.2) is 4.39 Å². The summed E-state index contributed by atoms with van der Waals surface area (Å²) in [7, 11) is 0. The molecule has 0 saturated carbocycles. The molecule has 0 N–H and O–H groups in total. The fourth-order valence-corrected chi connectivity index (χ4v) is 1.70. The van der Waals surface area contributed by atoms with Gasteiger partial charge in [-0.1, -0.05) is 11.6 Å². The van der Waals surface area contributed by atoms with E-state index in [0.717, 1.165) is 0 Å². The van der Waals surface area contributed by atoms with Gasteiger partial charge in [-0.2, -0.15) is 13.2 Å². The fourth-order valence-electron chi connectivity index (χ4n) is 1.23. The van der Waals surface area contributed by atoms with E-state index in [-0.39, 0.29) is 21.5 Å². The first-order valence-electron chi connectivity index (χ1n) is 5.03. The van der Waals surface area contributed by atoms with Crippen molar-refractivity contribution in [2.24, 2.45) is 0 Å². The van der Waals surface area contributed by atoms with Crippen LogP contribution in [0.15, 0.2) is 16.6 Å². The normalized spacial score (nSPS) is 11.7. The maximum atomic E-state index is 13.6. The van der Waals surface area contributed by atoms with Gasteiger partial charge in [0.2, 0.25) is 0 Å². The summed E-state index contributed by atoms with van der Waals surface area (Å²) in [5.41, 5.74) is -0.274. The van der Waals surface area contributed by atoms with E-state index in [1.54, 1.807) is 0 Å². The van der Waals surface area contributed by atoms with Gasteiger partial charge in [0.25, 0.3) is 0 Å². The molecule has 0 spiro atoms. The zero-order valence-corrected chi connectivity index (χ0v) is 11.7. The largest absolute Gasteiger partial charge is 0.411 e. The number of hydrogen-bond acceptors (Lipinski definition) is 2. The van der Waals surface area contributed by atoms with E-state index < -0.39 is 31.0 Å². The number of Topliss-reactive ketones (excluding diaryl/α,β-unsaturated/α-hetero) is 1. The van der Waals surface area contributed by atoms with Gasteiger partial charge in [0.1, 0.15) is 6.61 Å². The van der Waals surface area contributed by atoms with E-state index in [1.807, 2.05) is 0 Å². The van der Waals surface area contributed by atoms with Crippen LogP contribution in [-0.4, -0.2) is 25.2 Å². The maximum Gasteiger partial charge on any atom is 0.411 e. The Balaban J connectivity index is 2.58. The average Bonchev–Trinajstić information content (AvgIpc) is 2.30. The molecule has 0 fully saturated rings. The lowest BCUT2D eigenvalue weighted by molar-refractivity contribution is -0.173. The van der Waals surface area contributed by atoms with Crippen molar-refractivity contribution in [3.8, 4) is 0 Å². The van der Waals surface area contributed by atoms with Crippen LogP contribution in [0.3, 0.4) is 0 Å². The summed E-state index contributed by atoms with van der Waals surface area (Å²) in [6, 6.07) is 2.59. The Morgan fingerprint density at radius 2 is 2.00 bits per heavy atom. The standard InChI is InChI=1S/C11H8BrClF4O2/c12-7-2-1-6(10(14)9(7)13)8(18)3-4-19-5-11(15,16)17/h1-2H,3-5H2. The van der Waals surface area contributed by atoms with E-state index in [9.17, 15) is 22.4 Å². The average molecular weight is 364 g/mol. The fraction of sp³-hybridized carbons (Fsp3) is 0.364. The Kier molecular flexibility index (Phi) is 5.76. The Morgan fingerprint density at radius 3 is 2.58 bits per heavy atom. The summed E-state index contributed by atoms with van der Waals surface area (Å²) in [4.78, 5) is 11.6. The smallest absolute Gasteiger partial charge is 0.372 e. The lowest BCUT2D eigenvalue weighted by Crippen LogP contribution is -2.18. The van der Waals surface area contributed by atoms with Gasteiger partial charge in [-0.3, -0.25) is 4.79 Å². The number of hydrogen-bond donors (Lipinski definition) is 0. The van der Waals surface area contributed by atoms with Crippen LogP contribution in [0.25, 0.3) is 0 Å². The molecule has 19 heavy (non-hydrogen) atoms. The zero-order valence-electron chi connectivity index (χ0n) is 9.36. The molecule has 0 atom stereocenters. The molecular formula is C11H8BrClF4O2. The molecule has 0 saturated heterocycles. The summed E-state index contributed by atoms with van der Waals surface area (Å²) in [6.07, 6.45) is -4.81. The Hall–Kier alpha value is -0.660. The molecule has 2 nitrogen and oxygen atoms in total. The number of carbonyl (C=O) groups excluding carboxylic acids is 1. The number of rotatable bonds is 5. The summed E-state index contributed by atoms with van der Waals surface area (Å²) >= 11 is 8.58. The number of benzene rings is 1. The van der Waals surface area contributed by atoms with Crippen LogP contribution in [-0.2, 0) is 4.74 Å². The number of halogens is 6. The molecule has 0 aliphatic carbocycles. The second-order valence-corrected chi connectivity index (χ2v) is 4.80. The minimum atomic E-state index is -4.45. The molecule has 0 bridgehead atoms. The monoisotopic (exact) mass is 362 g/mol. The van der Waals surface area contributed by atoms with Gasteiger partial charge in [-0.15, -0.1) is 0 Å². The van der Waals surface area contributed by atoms with Crippen molar-refractivity contribution in [3.05, 3.63) is 33.0 Å². The van der Waals surface area contributed by atoms with E-state index in [1.165, 1.54) is 12.1 Å². The lowest BCUT2D eigenvalue weighted by Gasteiger charge is -2.08. The highest BCUT2D eigenvalue weighted by molar-refractivity contribution is 9.10. The van der Waals surface area contributed by atoms with Gasteiger partial charge < -0.3 is 4.74 Å². The summed E-state index contributed by atoms with van der Waals surface area (Å²) in [5.74, 6) is -1.58. The molecular weight excluding hydrogens is 355 g/mol. The maximum absolute atomic E-state index is 13.6. The molecule has 8 heteroatoms. The molecule has 0 aliphatic rings. The van der Waals surface area contributed by atoms with Gasteiger partial charge in [-0.05, 0) is 28.1 Å². The predicted octanol–water partition coefficient (Wildman–Crippen LogP) is 4.39. The molecule has 0 aromatic heterocycles. The minimum Gasteiger partial charge on any atom is -0.372 e. The lowest BCUT2D eigenvalue weighted by atomic mass is 10.1. The van der Waals surface area contributed by atoms with Crippen molar-refractivity contribution in [1.29, 1.82) is 0 Å². The van der Waals surface area contributed by atoms with Crippen molar-refractivity contribution in [2.75, 3.05) is 13.2 Å². The highest BCUT2D eigenvalue weighted by Crippen LogP contribution is 2.28. The molecule has 0 radical (unpaired) electrons.